The monoisotopic (exact) mass is 392 g/mol. The first-order valence-electron chi connectivity index (χ1n) is 8.54. The number of methoxy groups -OCH3 is 1. The van der Waals surface area contributed by atoms with Crippen LogP contribution in [0.25, 0.3) is 11.3 Å². The molecule has 0 unspecified atom stereocenters. The summed E-state index contributed by atoms with van der Waals surface area (Å²) >= 11 is 1.22. The lowest BCUT2D eigenvalue weighted by atomic mass is 9.91. The highest BCUT2D eigenvalue weighted by Gasteiger charge is 2.40. The van der Waals surface area contributed by atoms with Crippen molar-refractivity contribution in [3.05, 3.63) is 29.4 Å². The zero-order chi connectivity index (χ0) is 19.4. The Labute approximate surface area is 160 Å². The Kier molecular flexibility index (Phi) is 5.83. The van der Waals surface area contributed by atoms with Gasteiger partial charge in [-0.05, 0) is 44.1 Å². The Morgan fingerprint density at radius 3 is 2.67 bits per heavy atom. The number of carbonyl (C=O) groups is 2. The van der Waals surface area contributed by atoms with Gasteiger partial charge >= 0.3 is 0 Å². The van der Waals surface area contributed by atoms with Gasteiger partial charge in [0.25, 0.3) is 5.91 Å². The van der Waals surface area contributed by atoms with Crippen LogP contribution in [0.5, 0.6) is 0 Å². The fourth-order valence-electron chi connectivity index (χ4n) is 3.02. The summed E-state index contributed by atoms with van der Waals surface area (Å²) in [6.07, 6.45) is 1.15. The van der Waals surface area contributed by atoms with Crippen molar-refractivity contribution in [1.29, 1.82) is 0 Å². The minimum Gasteiger partial charge on any atom is -0.368 e. The molecule has 1 aliphatic rings. The van der Waals surface area contributed by atoms with Crippen molar-refractivity contribution in [3.63, 3.8) is 0 Å². The number of halogens is 1. The first-order valence-corrected chi connectivity index (χ1v) is 9.42. The van der Waals surface area contributed by atoms with Crippen molar-refractivity contribution < 1.29 is 18.7 Å². The predicted octanol–water partition coefficient (Wildman–Crippen LogP) is 2.61. The van der Waals surface area contributed by atoms with Crippen molar-refractivity contribution in [2.75, 3.05) is 30.8 Å². The molecule has 1 aromatic heterocycles. The fourth-order valence-corrected chi connectivity index (χ4v) is 3.73. The van der Waals surface area contributed by atoms with E-state index in [0.29, 0.717) is 48.0 Å². The summed E-state index contributed by atoms with van der Waals surface area (Å²) < 4.78 is 19.9. The Balaban J connectivity index is 1.75. The van der Waals surface area contributed by atoms with Crippen molar-refractivity contribution in [3.8, 4) is 11.3 Å². The Morgan fingerprint density at radius 2 is 2.04 bits per heavy atom. The van der Waals surface area contributed by atoms with E-state index < -0.39 is 11.4 Å². The third-order valence-electron chi connectivity index (χ3n) is 4.51. The van der Waals surface area contributed by atoms with E-state index in [4.69, 9.17) is 4.74 Å². The molecule has 1 aliphatic heterocycles. The van der Waals surface area contributed by atoms with Crippen LogP contribution < -0.4 is 16.0 Å². The quantitative estimate of drug-likeness (QED) is 0.727. The molecule has 0 radical (unpaired) electrons. The SMILES string of the molecule is COC1(C(=O)Nc2nc(-c3ccc(NC(C)=O)cc3F)cs2)CCNCC1. The third kappa shape index (κ3) is 4.32. The van der Waals surface area contributed by atoms with Gasteiger partial charge in [-0.1, -0.05) is 0 Å². The van der Waals surface area contributed by atoms with Crippen LogP contribution in [0.1, 0.15) is 19.8 Å². The molecule has 0 spiro atoms. The predicted molar refractivity (Wildman–Crippen MR) is 102 cm³/mol. The molecule has 2 amide bonds. The topological polar surface area (TPSA) is 92.3 Å². The van der Waals surface area contributed by atoms with Gasteiger partial charge in [-0.3, -0.25) is 14.9 Å². The maximum Gasteiger partial charge on any atom is 0.258 e. The summed E-state index contributed by atoms with van der Waals surface area (Å²) in [6, 6.07) is 4.39. The zero-order valence-electron chi connectivity index (χ0n) is 15.1. The molecule has 3 N–H and O–H groups in total. The van der Waals surface area contributed by atoms with E-state index in [0.717, 1.165) is 0 Å². The average molecular weight is 392 g/mol. The zero-order valence-corrected chi connectivity index (χ0v) is 15.9. The summed E-state index contributed by atoms with van der Waals surface area (Å²) in [6.45, 7) is 2.77. The maximum absolute atomic E-state index is 14.4. The van der Waals surface area contributed by atoms with Crippen LogP contribution in [0.2, 0.25) is 0 Å². The number of piperidine rings is 1. The van der Waals surface area contributed by atoms with Gasteiger partial charge in [0.15, 0.2) is 5.13 Å². The van der Waals surface area contributed by atoms with E-state index in [-0.39, 0.29) is 11.8 Å². The molecule has 9 heteroatoms. The molecule has 0 aliphatic carbocycles. The molecule has 7 nitrogen and oxygen atoms in total. The molecular weight excluding hydrogens is 371 g/mol. The van der Waals surface area contributed by atoms with Gasteiger partial charge in [-0.2, -0.15) is 0 Å². The molecule has 0 bridgehead atoms. The molecular formula is C18H21FN4O3S. The summed E-state index contributed by atoms with van der Waals surface area (Å²) in [5.41, 5.74) is 0.214. The van der Waals surface area contributed by atoms with Crippen molar-refractivity contribution in [2.45, 2.75) is 25.4 Å². The first kappa shape index (κ1) is 19.4. The highest BCUT2D eigenvalue weighted by Crippen LogP contribution is 2.30. The number of amides is 2. The van der Waals surface area contributed by atoms with Gasteiger partial charge in [0.2, 0.25) is 5.91 Å². The van der Waals surface area contributed by atoms with Crippen LogP contribution in [0.4, 0.5) is 15.2 Å². The van der Waals surface area contributed by atoms with Crippen LogP contribution in [-0.2, 0) is 14.3 Å². The second kappa shape index (κ2) is 8.12. The number of nitrogens with zero attached hydrogens (tertiary/aromatic N) is 1. The summed E-state index contributed by atoms with van der Waals surface area (Å²) in [4.78, 5) is 28.1. The van der Waals surface area contributed by atoms with E-state index in [1.54, 1.807) is 17.5 Å². The number of hydrogen-bond donors (Lipinski definition) is 3. The molecule has 2 heterocycles. The fraction of sp³-hybridized carbons (Fsp3) is 0.389. The minimum atomic E-state index is -0.873. The lowest BCUT2D eigenvalue weighted by molar-refractivity contribution is -0.140. The summed E-state index contributed by atoms with van der Waals surface area (Å²) in [7, 11) is 1.53. The number of ether oxygens (including phenoxy) is 1. The normalized spacial score (nSPS) is 16.0. The molecule has 2 aromatic rings. The van der Waals surface area contributed by atoms with Crippen LogP contribution in [0.15, 0.2) is 23.6 Å². The number of carbonyl (C=O) groups excluding carboxylic acids is 2. The smallest absolute Gasteiger partial charge is 0.258 e. The molecule has 1 saturated heterocycles. The number of rotatable bonds is 5. The van der Waals surface area contributed by atoms with Crippen LogP contribution in [0.3, 0.4) is 0 Å². The summed E-state index contributed by atoms with van der Waals surface area (Å²) in [5, 5.41) is 10.6. The molecule has 1 fully saturated rings. The standard InChI is InChI=1S/C18H21FN4O3S/c1-11(24)21-12-3-4-13(14(19)9-12)15-10-27-17(22-15)23-16(25)18(26-2)5-7-20-8-6-18/h3-4,9-10,20H,5-8H2,1-2H3,(H,21,24)(H,22,23,25). The molecule has 0 atom stereocenters. The Bertz CT molecular complexity index is 849. The molecule has 0 saturated carbocycles. The van der Waals surface area contributed by atoms with Crippen molar-refractivity contribution in [2.24, 2.45) is 0 Å². The maximum atomic E-state index is 14.4. The van der Waals surface area contributed by atoms with E-state index in [1.165, 1.54) is 31.4 Å². The van der Waals surface area contributed by atoms with Crippen molar-refractivity contribution in [1.82, 2.24) is 10.3 Å². The van der Waals surface area contributed by atoms with E-state index in [9.17, 15) is 14.0 Å². The highest BCUT2D eigenvalue weighted by atomic mass is 32.1. The van der Waals surface area contributed by atoms with Crippen LogP contribution >= 0.6 is 11.3 Å². The van der Waals surface area contributed by atoms with Gasteiger partial charge in [0, 0.05) is 30.7 Å². The van der Waals surface area contributed by atoms with Gasteiger partial charge in [-0.25, -0.2) is 9.37 Å². The lowest BCUT2D eigenvalue weighted by Crippen LogP contribution is -2.51. The van der Waals surface area contributed by atoms with Crippen molar-refractivity contribution >= 4 is 34.0 Å². The van der Waals surface area contributed by atoms with Gasteiger partial charge in [-0.15, -0.1) is 11.3 Å². The number of aromatic nitrogens is 1. The summed E-state index contributed by atoms with van der Waals surface area (Å²) in [5.74, 6) is -1.02. The second-order valence-corrected chi connectivity index (χ2v) is 7.17. The van der Waals surface area contributed by atoms with E-state index in [1.807, 2.05) is 0 Å². The van der Waals surface area contributed by atoms with E-state index >= 15 is 0 Å². The van der Waals surface area contributed by atoms with E-state index in [2.05, 4.69) is 20.9 Å². The second-order valence-electron chi connectivity index (χ2n) is 6.32. The Hall–Kier alpha value is -2.36. The average Bonchev–Trinajstić information content (AvgIpc) is 3.10. The van der Waals surface area contributed by atoms with Gasteiger partial charge in [0.1, 0.15) is 11.4 Å². The molecule has 3 rings (SSSR count). The van der Waals surface area contributed by atoms with Gasteiger partial charge in [0.05, 0.1) is 5.69 Å². The Morgan fingerprint density at radius 1 is 1.30 bits per heavy atom. The lowest BCUT2D eigenvalue weighted by Gasteiger charge is -2.34. The number of anilines is 2. The number of hydrogen-bond acceptors (Lipinski definition) is 6. The number of nitrogens with one attached hydrogen (secondary N) is 3. The van der Waals surface area contributed by atoms with Crippen LogP contribution in [0, 0.1) is 5.82 Å². The first-order chi connectivity index (χ1) is 12.9. The minimum absolute atomic E-state index is 0.242. The third-order valence-corrected chi connectivity index (χ3v) is 5.26. The molecule has 27 heavy (non-hydrogen) atoms. The number of benzene rings is 1. The largest absolute Gasteiger partial charge is 0.368 e. The van der Waals surface area contributed by atoms with Crippen LogP contribution in [-0.4, -0.2) is 42.6 Å². The molecule has 1 aromatic carbocycles. The van der Waals surface area contributed by atoms with Gasteiger partial charge < -0.3 is 15.4 Å². The highest BCUT2D eigenvalue weighted by molar-refractivity contribution is 7.14. The molecule has 144 valence electrons. The number of thiazole rings is 1.